The van der Waals surface area contributed by atoms with Gasteiger partial charge in [0, 0.05) is 18.0 Å². The lowest BCUT2D eigenvalue weighted by Crippen LogP contribution is -2.34. The Morgan fingerprint density at radius 3 is 2.43 bits per heavy atom. The van der Waals surface area contributed by atoms with E-state index in [-0.39, 0.29) is 11.7 Å². The summed E-state index contributed by atoms with van der Waals surface area (Å²) in [6.45, 7) is 3.98. The van der Waals surface area contributed by atoms with Gasteiger partial charge >= 0.3 is 0 Å². The van der Waals surface area contributed by atoms with Crippen LogP contribution in [0.1, 0.15) is 12.8 Å². The third-order valence-corrected chi connectivity index (χ3v) is 5.54. The first-order valence-electron chi connectivity index (χ1n) is 7.59. The molecule has 2 fully saturated rings. The number of hydrogen-bond donors (Lipinski definition) is 1. The van der Waals surface area contributed by atoms with Gasteiger partial charge in [-0.2, -0.15) is 0 Å². The average molecular weight is 308 g/mol. The summed E-state index contributed by atoms with van der Waals surface area (Å²) in [5.74, 6) is 1.90. The van der Waals surface area contributed by atoms with E-state index in [1.54, 1.807) is 12.1 Å². The van der Waals surface area contributed by atoms with E-state index in [1.807, 2.05) is 4.90 Å². The van der Waals surface area contributed by atoms with Crippen molar-refractivity contribution in [3.8, 4) is 0 Å². The number of carbonyl (C=O) groups is 1. The molecule has 0 aromatic heterocycles. The SMILES string of the molecule is O=C(CSc1ccc(F)cc1)N1CC[C@@H]2CNC[C@@H]2CC1. The minimum absolute atomic E-state index is 0.206. The van der Waals surface area contributed by atoms with Crippen LogP contribution in [0.25, 0.3) is 0 Å². The molecule has 2 saturated heterocycles. The quantitative estimate of drug-likeness (QED) is 0.870. The molecule has 2 aliphatic rings. The summed E-state index contributed by atoms with van der Waals surface area (Å²) in [6.07, 6.45) is 2.23. The van der Waals surface area contributed by atoms with Gasteiger partial charge in [0.05, 0.1) is 5.75 Å². The zero-order valence-electron chi connectivity index (χ0n) is 12.1. The number of benzene rings is 1. The zero-order chi connectivity index (χ0) is 14.7. The first-order valence-corrected chi connectivity index (χ1v) is 8.58. The van der Waals surface area contributed by atoms with Crippen molar-refractivity contribution in [2.75, 3.05) is 31.9 Å². The number of nitrogens with zero attached hydrogens (tertiary/aromatic N) is 1. The summed E-state index contributed by atoms with van der Waals surface area (Å²) in [5, 5.41) is 3.45. The molecule has 0 radical (unpaired) electrons. The maximum absolute atomic E-state index is 12.8. The summed E-state index contributed by atoms with van der Waals surface area (Å²) in [7, 11) is 0. The number of nitrogens with one attached hydrogen (secondary N) is 1. The normalized spacial score (nSPS) is 25.5. The highest BCUT2D eigenvalue weighted by Gasteiger charge is 2.31. The van der Waals surface area contributed by atoms with E-state index in [2.05, 4.69) is 5.32 Å². The predicted molar refractivity (Wildman–Crippen MR) is 82.8 cm³/mol. The van der Waals surface area contributed by atoms with E-state index >= 15 is 0 Å². The van der Waals surface area contributed by atoms with Crippen molar-refractivity contribution in [2.24, 2.45) is 11.8 Å². The maximum atomic E-state index is 12.8. The topological polar surface area (TPSA) is 32.3 Å². The maximum Gasteiger partial charge on any atom is 0.232 e. The lowest BCUT2D eigenvalue weighted by molar-refractivity contribution is -0.128. The molecule has 1 N–H and O–H groups in total. The number of rotatable bonds is 3. The van der Waals surface area contributed by atoms with E-state index < -0.39 is 0 Å². The van der Waals surface area contributed by atoms with Crippen LogP contribution in [-0.2, 0) is 4.79 Å². The summed E-state index contributed by atoms with van der Waals surface area (Å²) in [4.78, 5) is 15.3. The lowest BCUT2D eigenvalue weighted by Gasteiger charge is -2.20. The molecule has 1 aromatic carbocycles. The summed E-state index contributed by atoms with van der Waals surface area (Å²) < 4.78 is 12.8. The van der Waals surface area contributed by atoms with Gasteiger partial charge in [-0.3, -0.25) is 4.79 Å². The Morgan fingerprint density at radius 2 is 1.81 bits per heavy atom. The molecule has 21 heavy (non-hydrogen) atoms. The van der Waals surface area contributed by atoms with Gasteiger partial charge in [0.2, 0.25) is 5.91 Å². The predicted octanol–water partition coefficient (Wildman–Crippen LogP) is 2.38. The summed E-state index contributed by atoms with van der Waals surface area (Å²) >= 11 is 1.49. The van der Waals surface area contributed by atoms with Gasteiger partial charge in [-0.15, -0.1) is 11.8 Å². The smallest absolute Gasteiger partial charge is 0.232 e. The van der Waals surface area contributed by atoms with Gasteiger partial charge in [0.1, 0.15) is 5.82 Å². The first kappa shape index (κ1) is 14.9. The highest BCUT2D eigenvalue weighted by Crippen LogP contribution is 2.27. The van der Waals surface area contributed by atoms with Crippen molar-refractivity contribution in [3.05, 3.63) is 30.1 Å². The van der Waals surface area contributed by atoms with E-state index in [4.69, 9.17) is 0 Å². The molecule has 3 rings (SSSR count). The molecule has 2 heterocycles. The second-order valence-corrected chi connectivity index (χ2v) is 6.93. The molecule has 1 aromatic rings. The number of amides is 1. The summed E-state index contributed by atoms with van der Waals surface area (Å²) in [6, 6.07) is 6.33. The van der Waals surface area contributed by atoms with Gasteiger partial charge in [-0.05, 0) is 62.0 Å². The van der Waals surface area contributed by atoms with Crippen molar-refractivity contribution < 1.29 is 9.18 Å². The highest BCUT2D eigenvalue weighted by atomic mass is 32.2. The van der Waals surface area contributed by atoms with Crippen LogP contribution in [0.5, 0.6) is 0 Å². The molecule has 2 aliphatic heterocycles. The Hall–Kier alpha value is -1.07. The molecule has 0 aliphatic carbocycles. The summed E-state index contributed by atoms with van der Waals surface area (Å²) in [5.41, 5.74) is 0. The molecule has 0 bridgehead atoms. The van der Waals surface area contributed by atoms with Crippen LogP contribution in [0.2, 0.25) is 0 Å². The minimum atomic E-state index is -0.238. The average Bonchev–Trinajstić information content (AvgIpc) is 2.85. The molecule has 114 valence electrons. The van der Waals surface area contributed by atoms with E-state index in [1.165, 1.54) is 23.9 Å². The molecular formula is C16H21FN2OS. The molecule has 0 unspecified atom stereocenters. The van der Waals surface area contributed by atoms with Crippen LogP contribution in [0, 0.1) is 17.7 Å². The Balaban J connectivity index is 1.50. The number of thioether (sulfide) groups is 1. The fraction of sp³-hybridized carbons (Fsp3) is 0.562. The highest BCUT2D eigenvalue weighted by molar-refractivity contribution is 8.00. The number of carbonyl (C=O) groups excluding carboxylic acids is 1. The third-order valence-electron chi connectivity index (χ3n) is 4.55. The van der Waals surface area contributed by atoms with Gasteiger partial charge in [-0.1, -0.05) is 0 Å². The van der Waals surface area contributed by atoms with Crippen molar-refractivity contribution in [1.29, 1.82) is 0 Å². The Morgan fingerprint density at radius 1 is 1.19 bits per heavy atom. The lowest BCUT2D eigenvalue weighted by atomic mass is 9.92. The number of fused-ring (bicyclic) bond motifs is 1. The van der Waals surface area contributed by atoms with E-state index in [0.29, 0.717) is 5.75 Å². The standard InChI is InChI=1S/C16H21FN2OS/c17-14-1-3-15(4-2-14)21-11-16(20)19-7-5-12-9-18-10-13(12)6-8-19/h1-4,12-13,18H,5-11H2/t12-,13+. The third kappa shape index (κ3) is 3.77. The number of likely N-dealkylation sites (tertiary alicyclic amines) is 1. The number of hydrogen-bond acceptors (Lipinski definition) is 3. The van der Waals surface area contributed by atoms with Crippen LogP contribution in [-0.4, -0.2) is 42.7 Å². The van der Waals surface area contributed by atoms with Crippen molar-refractivity contribution in [2.45, 2.75) is 17.7 Å². The van der Waals surface area contributed by atoms with Crippen molar-refractivity contribution in [3.63, 3.8) is 0 Å². The molecule has 5 heteroatoms. The molecule has 3 nitrogen and oxygen atoms in total. The van der Waals surface area contributed by atoms with Gasteiger partial charge < -0.3 is 10.2 Å². The number of halogens is 1. The Bertz CT molecular complexity index is 480. The van der Waals surface area contributed by atoms with Crippen molar-refractivity contribution in [1.82, 2.24) is 10.2 Å². The molecular weight excluding hydrogens is 287 g/mol. The molecule has 0 spiro atoms. The van der Waals surface area contributed by atoms with Crippen LogP contribution < -0.4 is 5.32 Å². The fourth-order valence-electron chi connectivity index (χ4n) is 3.23. The fourth-order valence-corrected chi connectivity index (χ4v) is 4.04. The van der Waals surface area contributed by atoms with Gasteiger partial charge in [0.15, 0.2) is 0 Å². The van der Waals surface area contributed by atoms with Gasteiger partial charge in [0.25, 0.3) is 0 Å². The minimum Gasteiger partial charge on any atom is -0.342 e. The van der Waals surface area contributed by atoms with E-state index in [9.17, 15) is 9.18 Å². The van der Waals surface area contributed by atoms with Crippen LogP contribution in [0.3, 0.4) is 0 Å². The molecule has 2 atom stereocenters. The Kier molecular flexibility index (Phi) is 4.80. The zero-order valence-corrected chi connectivity index (χ0v) is 12.9. The van der Waals surface area contributed by atoms with Gasteiger partial charge in [-0.25, -0.2) is 4.39 Å². The Labute approximate surface area is 129 Å². The van der Waals surface area contributed by atoms with Crippen LogP contribution >= 0.6 is 11.8 Å². The monoisotopic (exact) mass is 308 g/mol. The molecule has 1 amide bonds. The van der Waals surface area contributed by atoms with Crippen molar-refractivity contribution >= 4 is 17.7 Å². The second kappa shape index (κ2) is 6.79. The van der Waals surface area contributed by atoms with Crippen LogP contribution in [0.4, 0.5) is 4.39 Å². The van der Waals surface area contributed by atoms with Crippen LogP contribution in [0.15, 0.2) is 29.2 Å². The first-order chi connectivity index (χ1) is 10.2. The van der Waals surface area contributed by atoms with E-state index in [0.717, 1.165) is 55.8 Å². The molecule has 0 saturated carbocycles. The largest absolute Gasteiger partial charge is 0.342 e. The second-order valence-electron chi connectivity index (χ2n) is 5.88.